The zero-order chi connectivity index (χ0) is 27.8. The van der Waals surface area contributed by atoms with Crippen molar-refractivity contribution in [2.24, 2.45) is 0 Å². The highest BCUT2D eigenvalue weighted by Crippen LogP contribution is 2.47. The Morgan fingerprint density at radius 1 is 0.641 bits per heavy atom. The highest BCUT2D eigenvalue weighted by molar-refractivity contribution is 7.80. The van der Waals surface area contributed by atoms with E-state index in [-0.39, 0.29) is 5.92 Å². The summed E-state index contributed by atoms with van der Waals surface area (Å²) in [7, 11) is 0.720. The van der Waals surface area contributed by atoms with E-state index in [1.807, 2.05) is 0 Å². The Balaban J connectivity index is 0.00000112. The SMILES string of the molecule is CCN(CC)c1ccc2c(c1)P(c1ccccc1)c1cc(N(CC)CC)ccc1C2c1ccccc1.COCl. The second-order valence-corrected chi connectivity index (χ2v) is 12.0. The van der Waals surface area contributed by atoms with Crippen molar-refractivity contribution in [2.75, 3.05) is 43.1 Å². The second kappa shape index (κ2) is 14.0. The van der Waals surface area contributed by atoms with E-state index in [0.29, 0.717) is 0 Å². The molecule has 0 amide bonds. The smallest absolute Gasteiger partial charge is 0.0606 e. The summed E-state index contributed by atoms with van der Waals surface area (Å²) < 4.78 is 3.72. The van der Waals surface area contributed by atoms with Gasteiger partial charge in [-0.2, -0.15) is 0 Å². The van der Waals surface area contributed by atoms with Crippen LogP contribution < -0.4 is 25.7 Å². The zero-order valence-corrected chi connectivity index (χ0v) is 25.4. The molecule has 0 spiro atoms. The van der Waals surface area contributed by atoms with Crippen LogP contribution in [0.3, 0.4) is 0 Å². The molecule has 1 heterocycles. The third kappa shape index (κ3) is 6.17. The molecule has 4 aromatic rings. The molecule has 0 aromatic heterocycles. The molecular formula is C34H40ClN2OP. The maximum atomic E-state index is 4.50. The van der Waals surface area contributed by atoms with Crippen LogP contribution in [0.5, 0.6) is 0 Å². The van der Waals surface area contributed by atoms with Gasteiger partial charge in [0.2, 0.25) is 0 Å². The number of hydrogen-bond donors (Lipinski definition) is 0. The Morgan fingerprint density at radius 3 is 1.46 bits per heavy atom. The maximum absolute atomic E-state index is 4.50. The molecule has 0 unspecified atom stereocenters. The van der Waals surface area contributed by atoms with Crippen molar-refractivity contribution < 1.29 is 4.29 Å². The van der Waals surface area contributed by atoms with Gasteiger partial charge < -0.3 is 9.80 Å². The van der Waals surface area contributed by atoms with E-state index in [4.69, 9.17) is 0 Å². The molecule has 3 nitrogen and oxygen atoms in total. The summed E-state index contributed by atoms with van der Waals surface area (Å²) >= 11 is 4.50. The normalized spacial score (nSPS) is 15.4. The molecule has 5 heteroatoms. The standard InChI is InChI=1S/C33H37N2P.CH3ClO/c1-5-34(6-2)26-19-21-29-31(23-26)36(28-17-13-10-14-18-28)32-24-27(35(7-3)8-4)20-22-30(32)33(29)25-15-11-9-12-16-25;1-3-2/h9-24,33H,5-8H2,1-4H3;1H3. The molecule has 0 saturated carbocycles. The largest absolute Gasteiger partial charge is 0.372 e. The first-order chi connectivity index (χ1) is 19.1. The van der Waals surface area contributed by atoms with Gasteiger partial charge in [-0.05, 0) is 92.5 Å². The van der Waals surface area contributed by atoms with Crippen LogP contribution in [0, 0.1) is 0 Å². The van der Waals surface area contributed by atoms with Gasteiger partial charge in [-0.15, -0.1) is 0 Å². The summed E-state index contributed by atoms with van der Waals surface area (Å²) in [4.78, 5) is 4.94. The summed E-state index contributed by atoms with van der Waals surface area (Å²) in [6.45, 7) is 13.1. The lowest BCUT2D eigenvalue weighted by Gasteiger charge is -2.37. The Kier molecular flexibility index (Phi) is 10.5. The van der Waals surface area contributed by atoms with Crippen LogP contribution in [0.15, 0.2) is 97.1 Å². The number of rotatable bonds is 8. The predicted octanol–water partition coefficient (Wildman–Crippen LogP) is 7.42. The molecule has 39 heavy (non-hydrogen) atoms. The lowest BCUT2D eigenvalue weighted by Crippen LogP contribution is -2.35. The fraction of sp³-hybridized carbons (Fsp3) is 0.294. The molecule has 1 aliphatic heterocycles. The third-order valence-electron chi connectivity index (χ3n) is 7.54. The van der Waals surface area contributed by atoms with Crippen molar-refractivity contribution in [1.82, 2.24) is 0 Å². The summed E-state index contributed by atoms with van der Waals surface area (Å²) in [5.41, 5.74) is 6.94. The Hall–Kier alpha value is -2.84. The predicted molar refractivity (Wildman–Crippen MR) is 173 cm³/mol. The van der Waals surface area contributed by atoms with Crippen LogP contribution in [-0.4, -0.2) is 33.3 Å². The molecule has 0 fully saturated rings. The summed E-state index contributed by atoms with van der Waals surface area (Å²) in [6, 6.07) is 36.8. The summed E-state index contributed by atoms with van der Waals surface area (Å²) in [6.07, 6.45) is 0. The highest BCUT2D eigenvalue weighted by atomic mass is 35.5. The van der Waals surface area contributed by atoms with Crippen molar-refractivity contribution in [1.29, 1.82) is 0 Å². The quantitative estimate of drug-likeness (QED) is 0.184. The van der Waals surface area contributed by atoms with Gasteiger partial charge in [0.25, 0.3) is 0 Å². The lowest BCUT2D eigenvalue weighted by atomic mass is 9.84. The van der Waals surface area contributed by atoms with Gasteiger partial charge in [-0.1, -0.05) is 72.8 Å². The van der Waals surface area contributed by atoms with Gasteiger partial charge >= 0.3 is 0 Å². The molecule has 204 valence electrons. The van der Waals surface area contributed by atoms with E-state index in [2.05, 4.69) is 151 Å². The molecule has 0 atom stereocenters. The Labute approximate surface area is 241 Å². The number of fused-ring (bicyclic) bond motifs is 2. The van der Waals surface area contributed by atoms with Crippen LogP contribution in [0.4, 0.5) is 11.4 Å². The van der Waals surface area contributed by atoms with E-state index in [9.17, 15) is 0 Å². The third-order valence-corrected chi connectivity index (χ3v) is 10.1. The van der Waals surface area contributed by atoms with Crippen LogP contribution in [0.1, 0.15) is 50.3 Å². The lowest BCUT2D eigenvalue weighted by molar-refractivity contribution is 0.463. The second-order valence-electron chi connectivity index (χ2n) is 9.50. The summed E-state index contributed by atoms with van der Waals surface area (Å²) in [5, 5.41) is 4.42. The number of nitrogens with zero attached hydrogens (tertiary/aromatic N) is 2. The maximum Gasteiger partial charge on any atom is 0.0606 e. The van der Waals surface area contributed by atoms with Crippen LogP contribution in [-0.2, 0) is 4.29 Å². The van der Waals surface area contributed by atoms with Crippen LogP contribution >= 0.6 is 19.8 Å². The van der Waals surface area contributed by atoms with E-state index >= 15 is 0 Å². The minimum atomic E-state index is -0.671. The highest BCUT2D eigenvalue weighted by Gasteiger charge is 2.34. The molecule has 5 rings (SSSR count). The molecular weight excluding hydrogens is 519 g/mol. The number of hydrogen-bond acceptors (Lipinski definition) is 3. The van der Waals surface area contributed by atoms with E-state index < -0.39 is 7.92 Å². The molecule has 0 aliphatic carbocycles. The van der Waals surface area contributed by atoms with Crippen molar-refractivity contribution in [2.45, 2.75) is 33.6 Å². The van der Waals surface area contributed by atoms with Gasteiger partial charge in [0.05, 0.1) is 19.0 Å². The first kappa shape index (κ1) is 29.2. The van der Waals surface area contributed by atoms with Crippen LogP contribution in [0.2, 0.25) is 0 Å². The average Bonchev–Trinajstić information content (AvgIpc) is 2.98. The van der Waals surface area contributed by atoms with Gasteiger partial charge in [0.1, 0.15) is 0 Å². The zero-order valence-electron chi connectivity index (χ0n) is 23.8. The van der Waals surface area contributed by atoms with Crippen molar-refractivity contribution in [3.63, 3.8) is 0 Å². The van der Waals surface area contributed by atoms with E-state index in [1.165, 1.54) is 51.1 Å². The molecule has 0 N–H and O–H groups in total. The fourth-order valence-electron chi connectivity index (χ4n) is 5.67. The fourth-order valence-corrected chi connectivity index (χ4v) is 8.40. The van der Waals surface area contributed by atoms with Crippen LogP contribution in [0.25, 0.3) is 0 Å². The van der Waals surface area contributed by atoms with Gasteiger partial charge in [0.15, 0.2) is 0 Å². The van der Waals surface area contributed by atoms with Crippen molar-refractivity contribution >= 4 is 47.1 Å². The Bertz CT molecular complexity index is 1260. The minimum Gasteiger partial charge on any atom is -0.372 e. The number of benzene rings is 4. The van der Waals surface area contributed by atoms with Gasteiger partial charge in [-0.3, -0.25) is 4.29 Å². The molecule has 0 radical (unpaired) electrons. The Morgan fingerprint density at radius 2 is 1.05 bits per heavy atom. The van der Waals surface area contributed by atoms with Crippen molar-refractivity contribution in [3.05, 3.63) is 114 Å². The molecule has 1 aliphatic rings. The number of halogens is 1. The number of anilines is 2. The van der Waals surface area contributed by atoms with E-state index in [0.717, 1.165) is 26.2 Å². The minimum absolute atomic E-state index is 0.246. The summed E-state index contributed by atoms with van der Waals surface area (Å²) in [5.74, 6) is 0.246. The molecule has 0 saturated heterocycles. The first-order valence-electron chi connectivity index (χ1n) is 13.9. The average molecular weight is 559 g/mol. The monoisotopic (exact) mass is 558 g/mol. The molecule has 4 aromatic carbocycles. The molecule has 0 bridgehead atoms. The topological polar surface area (TPSA) is 15.7 Å². The van der Waals surface area contributed by atoms with E-state index in [1.54, 1.807) is 0 Å². The first-order valence-corrected chi connectivity index (χ1v) is 15.6. The van der Waals surface area contributed by atoms with Gasteiger partial charge in [-0.25, -0.2) is 0 Å². The van der Waals surface area contributed by atoms with Gasteiger partial charge in [0, 0.05) is 43.5 Å². The van der Waals surface area contributed by atoms with Crippen molar-refractivity contribution in [3.8, 4) is 0 Å².